The molecule has 5 nitrogen and oxygen atoms in total. The van der Waals surface area contributed by atoms with Crippen molar-refractivity contribution < 1.29 is 9.53 Å². The first kappa shape index (κ1) is 14.3. The van der Waals surface area contributed by atoms with Crippen molar-refractivity contribution in [3.63, 3.8) is 0 Å². The molecule has 0 unspecified atom stereocenters. The van der Waals surface area contributed by atoms with Crippen molar-refractivity contribution in [1.29, 1.82) is 0 Å². The van der Waals surface area contributed by atoms with Crippen molar-refractivity contribution in [2.75, 3.05) is 13.1 Å². The number of fused-ring (bicyclic) bond motifs is 2. The second kappa shape index (κ2) is 5.13. The van der Waals surface area contributed by atoms with Crippen LogP contribution < -0.4 is 0 Å². The van der Waals surface area contributed by atoms with Gasteiger partial charge in [-0.15, -0.1) is 0 Å². The molecule has 4 rings (SSSR count). The van der Waals surface area contributed by atoms with E-state index in [9.17, 15) is 4.79 Å². The van der Waals surface area contributed by atoms with Crippen molar-refractivity contribution in [3.05, 3.63) is 47.8 Å². The van der Waals surface area contributed by atoms with Crippen LogP contribution in [-0.4, -0.2) is 33.9 Å². The highest BCUT2D eigenvalue weighted by atomic mass is 16.5. The van der Waals surface area contributed by atoms with Crippen LogP contribution in [0.15, 0.2) is 36.5 Å². The maximum atomic E-state index is 12.1. The number of amides is 1. The van der Waals surface area contributed by atoms with Gasteiger partial charge in [0.05, 0.1) is 25.4 Å². The Hall–Kier alpha value is -2.27. The van der Waals surface area contributed by atoms with Gasteiger partial charge in [0.2, 0.25) is 5.91 Å². The molecule has 3 heterocycles. The van der Waals surface area contributed by atoms with Gasteiger partial charge in [-0.25, -0.2) is 9.97 Å². The molecule has 5 heteroatoms. The van der Waals surface area contributed by atoms with E-state index < -0.39 is 5.60 Å². The highest BCUT2D eigenvalue weighted by Gasteiger charge is 2.52. The Kier molecular flexibility index (Phi) is 3.20. The minimum absolute atomic E-state index is 0.0185. The maximum absolute atomic E-state index is 12.1. The summed E-state index contributed by atoms with van der Waals surface area (Å²) < 4.78 is 6.00. The fraction of sp³-hybridized carbons (Fsp3) is 0.389. The topological polar surface area (TPSA) is 55.3 Å². The SMILES string of the molecule is CC(C)C(=O)N1CC2(C1)OCc1nc(-c3ccccc3)ncc12. The van der Waals surface area contributed by atoms with Gasteiger partial charge >= 0.3 is 0 Å². The van der Waals surface area contributed by atoms with Gasteiger partial charge in [-0.2, -0.15) is 0 Å². The molecule has 118 valence electrons. The minimum atomic E-state index is -0.394. The van der Waals surface area contributed by atoms with Gasteiger partial charge in [-0.05, 0) is 0 Å². The molecule has 0 N–H and O–H groups in total. The minimum Gasteiger partial charge on any atom is -0.360 e. The smallest absolute Gasteiger partial charge is 0.225 e. The van der Waals surface area contributed by atoms with Gasteiger partial charge in [-0.3, -0.25) is 4.79 Å². The first-order chi connectivity index (χ1) is 11.1. The Morgan fingerprint density at radius 1 is 1.26 bits per heavy atom. The maximum Gasteiger partial charge on any atom is 0.225 e. The van der Waals surface area contributed by atoms with Crippen LogP contribution >= 0.6 is 0 Å². The molecule has 1 fully saturated rings. The van der Waals surface area contributed by atoms with E-state index in [1.54, 1.807) is 0 Å². The standard InChI is InChI=1S/C18H19N3O2/c1-12(2)17(22)21-10-18(11-21)14-8-19-16(20-15(14)9-23-18)13-6-4-3-5-7-13/h3-8,12H,9-11H2,1-2H3. The van der Waals surface area contributed by atoms with Gasteiger partial charge in [0, 0.05) is 23.2 Å². The molecule has 0 radical (unpaired) electrons. The molecule has 0 bridgehead atoms. The van der Waals surface area contributed by atoms with E-state index >= 15 is 0 Å². The molecule has 1 saturated heterocycles. The van der Waals surface area contributed by atoms with Gasteiger partial charge < -0.3 is 9.64 Å². The molecular formula is C18H19N3O2. The number of ether oxygens (including phenoxy) is 1. The van der Waals surface area contributed by atoms with E-state index in [0.29, 0.717) is 19.7 Å². The molecule has 0 saturated carbocycles. The van der Waals surface area contributed by atoms with Crippen molar-refractivity contribution in [2.24, 2.45) is 5.92 Å². The normalized spacial score (nSPS) is 18.1. The number of carbonyl (C=O) groups excluding carboxylic acids is 1. The average molecular weight is 309 g/mol. The molecule has 1 spiro atoms. The Bertz CT molecular complexity index is 752. The summed E-state index contributed by atoms with van der Waals surface area (Å²) >= 11 is 0. The molecule has 2 aliphatic rings. The molecule has 0 aliphatic carbocycles. The van der Waals surface area contributed by atoms with Crippen LogP contribution in [0.1, 0.15) is 25.1 Å². The van der Waals surface area contributed by atoms with E-state index in [1.165, 1.54) is 0 Å². The largest absolute Gasteiger partial charge is 0.360 e. The summed E-state index contributed by atoms with van der Waals surface area (Å²) in [5, 5.41) is 0. The zero-order valence-corrected chi connectivity index (χ0v) is 13.3. The van der Waals surface area contributed by atoms with E-state index in [1.807, 2.05) is 55.3 Å². The fourth-order valence-electron chi connectivity index (χ4n) is 3.27. The van der Waals surface area contributed by atoms with Crippen molar-refractivity contribution in [2.45, 2.75) is 26.1 Å². The zero-order valence-electron chi connectivity index (χ0n) is 13.3. The molecule has 23 heavy (non-hydrogen) atoms. The number of aromatic nitrogens is 2. The summed E-state index contributed by atoms with van der Waals surface area (Å²) in [6, 6.07) is 9.93. The summed E-state index contributed by atoms with van der Waals surface area (Å²) in [5.41, 5.74) is 2.58. The van der Waals surface area contributed by atoms with Crippen LogP contribution in [0.4, 0.5) is 0 Å². The predicted octanol–water partition coefficient (Wildman–Crippen LogP) is 2.37. The molecule has 1 aromatic carbocycles. The molecule has 2 aliphatic heterocycles. The number of hydrogen-bond donors (Lipinski definition) is 0. The monoisotopic (exact) mass is 309 g/mol. The van der Waals surface area contributed by atoms with Crippen LogP contribution in [-0.2, 0) is 21.7 Å². The van der Waals surface area contributed by atoms with Gasteiger partial charge in [0.1, 0.15) is 5.60 Å². The van der Waals surface area contributed by atoms with E-state index in [2.05, 4.69) is 9.97 Å². The van der Waals surface area contributed by atoms with Crippen LogP contribution in [0.25, 0.3) is 11.4 Å². The number of nitrogens with zero attached hydrogens (tertiary/aromatic N) is 3. The summed E-state index contributed by atoms with van der Waals surface area (Å²) in [4.78, 5) is 23.1. The Morgan fingerprint density at radius 3 is 2.70 bits per heavy atom. The quantitative estimate of drug-likeness (QED) is 0.854. The first-order valence-electron chi connectivity index (χ1n) is 7.94. The van der Waals surface area contributed by atoms with Crippen LogP contribution in [0.5, 0.6) is 0 Å². The van der Waals surface area contributed by atoms with Gasteiger partial charge in [0.25, 0.3) is 0 Å². The number of hydrogen-bond acceptors (Lipinski definition) is 4. The van der Waals surface area contributed by atoms with Crippen LogP contribution in [0, 0.1) is 5.92 Å². The second-order valence-electron chi connectivity index (χ2n) is 6.55. The number of rotatable bonds is 2. The summed E-state index contributed by atoms with van der Waals surface area (Å²) in [7, 11) is 0. The van der Waals surface area contributed by atoms with Crippen LogP contribution in [0.3, 0.4) is 0 Å². The third-order valence-electron chi connectivity index (χ3n) is 4.57. The summed E-state index contributed by atoms with van der Waals surface area (Å²) in [5.74, 6) is 0.916. The lowest BCUT2D eigenvalue weighted by Gasteiger charge is -2.47. The first-order valence-corrected chi connectivity index (χ1v) is 7.94. The highest BCUT2D eigenvalue weighted by molar-refractivity contribution is 5.79. The average Bonchev–Trinajstić information content (AvgIpc) is 2.92. The molecule has 2 aromatic rings. The Balaban J connectivity index is 1.59. The van der Waals surface area contributed by atoms with Crippen molar-refractivity contribution in [1.82, 2.24) is 14.9 Å². The Labute approximate surface area is 135 Å². The van der Waals surface area contributed by atoms with E-state index in [0.717, 1.165) is 22.6 Å². The van der Waals surface area contributed by atoms with Crippen LogP contribution in [0.2, 0.25) is 0 Å². The van der Waals surface area contributed by atoms with E-state index in [4.69, 9.17) is 4.74 Å². The van der Waals surface area contributed by atoms with Gasteiger partial charge in [0.15, 0.2) is 5.82 Å². The lowest BCUT2D eigenvalue weighted by molar-refractivity contribution is -0.171. The third-order valence-corrected chi connectivity index (χ3v) is 4.57. The third kappa shape index (κ3) is 2.23. The lowest BCUT2D eigenvalue weighted by atomic mass is 9.86. The second-order valence-corrected chi connectivity index (χ2v) is 6.55. The number of carbonyl (C=O) groups is 1. The fourth-order valence-corrected chi connectivity index (χ4v) is 3.27. The highest BCUT2D eigenvalue weighted by Crippen LogP contribution is 2.43. The Morgan fingerprint density at radius 2 is 2.00 bits per heavy atom. The number of likely N-dealkylation sites (tertiary alicyclic amines) is 1. The predicted molar refractivity (Wildman–Crippen MR) is 85.4 cm³/mol. The van der Waals surface area contributed by atoms with Gasteiger partial charge in [-0.1, -0.05) is 44.2 Å². The zero-order chi connectivity index (χ0) is 16.0. The molecule has 1 amide bonds. The van der Waals surface area contributed by atoms with Crippen molar-refractivity contribution in [3.8, 4) is 11.4 Å². The number of benzene rings is 1. The van der Waals surface area contributed by atoms with Crippen molar-refractivity contribution >= 4 is 5.91 Å². The lowest BCUT2D eigenvalue weighted by Crippen LogP contribution is -2.62. The van der Waals surface area contributed by atoms with E-state index in [-0.39, 0.29) is 11.8 Å². The molecule has 0 atom stereocenters. The molecule has 1 aromatic heterocycles. The molecular weight excluding hydrogens is 290 g/mol. The summed E-state index contributed by atoms with van der Waals surface area (Å²) in [6.45, 7) is 5.54. The summed E-state index contributed by atoms with van der Waals surface area (Å²) in [6.07, 6.45) is 1.87.